The van der Waals surface area contributed by atoms with Crippen molar-refractivity contribution in [1.82, 2.24) is 0 Å². The summed E-state index contributed by atoms with van der Waals surface area (Å²) in [7, 11) is 0. The first-order valence-corrected chi connectivity index (χ1v) is 8.79. The van der Waals surface area contributed by atoms with E-state index in [0.717, 1.165) is 49.7 Å². The molecule has 0 spiro atoms. The molecule has 2 nitrogen and oxygen atoms in total. The van der Waals surface area contributed by atoms with Crippen molar-refractivity contribution in [1.29, 1.82) is 0 Å². The van der Waals surface area contributed by atoms with E-state index in [2.05, 4.69) is 26.5 Å². The van der Waals surface area contributed by atoms with Crippen LogP contribution < -0.4 is 34.7 Å². The van der Waals surface area contributed by atoms with Gasteiger partial charge in [0, 0.05) is 5.92 Å². The molecule has 0 saturated carbocycles. The quantitative estimate of drug-likeness (QED) is 0.492. The van der Waals surface area contributed by atoms with Crippen molar-refractivity contribution in [3.63, 3.8) is 0 Å². The molecule has 0 radical (unpaired) electrons. The number of phenolic OH excluding ortho intramolecular Hbond substituents is 1. The molecule has 0 unspecified atom stereocenters. The summed E-state index contributed by atoms with van der Waals surface area (Å²) < 4.78 is 0. The SMILES string of the molecule is C=C(C)[C@@H]1CCC(C)=C[C@H]1c1c([O-])cc(CCCCC)cc1O.[Na+]. The van der Waals surface area contributed by atoms with Gasteiger partial charge in [0.1, 0.15) is 5.75 Å². The predicted molar refractivity (Wildman–Crippen MR) is 94.8 cm³/mol. The molecule has 3 heteroatoms. The van der Waals surface area contributed by atoms with Gasteiger partial charge in [0.05, 0.1) is 0 Å². The maximum Gasteiger partial charge on any atom is 1.00 e. The van der Waals surface area contributed by atoms with E-state index < -0.39 is 0 Å². The number of aromatic hydroxyl groups is 1. The predicted octanol–water partition coefficient (Wildman–Crippen LogP) is 2.22. The minimum atomic E-state index is -0.0431. The van der Waals surface area contributed by atoms with Crippen LogP contribution in [0.5, 0.6) is 11.5 Å². The molecule has 0 bridgehead atoms. The Morgan fingerprint density at radius 3 is 2.62 bits per heavy atom. The molecule has 0 fully saturated rings. The van der Waals surface area contributed by atoms with E-state index in [0.29, 0.717) is 5.56 Å². The number of aryl methyl sites for hydroxylation is 1. The number of rotatable bonds is 6. The third-order valence-electron chi connectivity index (χ3n) is 4.96. The zero-order valence-electron chi connectivity index (χ0n) is 15.7. The average Bonchev–Trinajstić information content (AvgIpc) is 2.46. The average molecular weight is 336 g/mol. The second-order valence-electron chi connectivity index (χ2n) is 7.01. The minimum Gasteiger partial charge on any atom is -0.872 e. The van der Waals surface area contributed by atoms with Gasteiger partial charge in [0.25, 0.3) is 0 Å². The second kappa shape index (κ2) is 9.70. The van der Waals surface area contributed by atoms with Gasteiger partial charge < -0.3 is 10.2 Å². The first-order valence-electron chi connectivity index (χ1n) is 8.79. The van der Waals surface area contributed by atoms with Crippen LogP contribution in [0.15, 0.2) is 35.9 Å². The van der Waals surface area contributed by atoms with E-state index in [4.69, 9.17) is 0 Å². The molecular weight excluding hydrogens is 307 g/mol. The van der Waals surface area contributed by atoms with Gasteiger partial charge in [-0.3, -0.25) is 0 Å². The second-order valence-corrected chi connectivity index (χ2v) is 7.01. The number of unbranched alkanes of at least 4 members (excludes halogenated alkanes) is 2. The Morgan fingerprint density at radius 2 is 2.04 bits per heavy atom. The fraction of sp³-hybridized carbons (Fsp3) is 0.524. The zero-order valence-corrected chi connectivity index (χ0v) is 17.7. The Bertz CT molecular complexity index is 581. The fourth-order valence-corrected chi connectivity index (χ4v) is 3.63. The topological polar surface area (TPSA) is 43.3 Å². The number of phenols is 1. The molecule has 2 atom stereocenters. The Kier molecular flexibility index (Phi) is 8.62. The van der Waals surface area contributed by atoms with Crippen molar-refractivity contribution in [3.8, 4) is 11.5 Å². The number of hydrogen-bond acceptors (Lipinski definition) is 2. The number of hydrogen-bond donors (Lipinski definition) is 1. The third-order valence-corrected chi connectivity index (χ3v) is 4.96. The summed E-state index contributed by atoms with van der Waals surface area (Å²) in [6.45, 7) is 10.4. The van der Waals surface area contributed by atoms with Gasteiger partial charge in [0.2, 0.25) is 0 Å². The molecule has 0 amide bonds. The van der Waals surface area contributed by atoms with Crippen LogP contribution in [0.1, 0.15) is 69.9 Å². The van der Waals surface area contributed by atoms with Gasteiger partial charge >= 0.3 is 29.6 Å². The molecule has 0 aliphatic heterocycles. The van der Waals surface area contributed by atoms with Crippen molar-refractivity contribution < 1.29 is 39.8 Å². The molecule has 1 aliphatic rings. The van der Waals surface area contributed by atoms with E-state index >= 15 is 0 Å². The van der Waals surface area contributed by atoms with Crippen LogP contribution in [0, 0.1) is 5.92 Å². The van der Waals surface area contributed by atoms with E-state index in [-0.39, 0.29) is 52.9 Å². The van der Waals surface area contributed by atoms with Crippen LogP contribution in [0.4, 0.5) is 0 Å². The van der Waals surface area contributed by atoms with Crippen LogP contribution in [0.3, 0.4) is 0 Å². The van der Waals surface area contributed by atoms with E-state index in [1.807, 2.05) is 6.92 Å². The molecule has 2 rings (SSSR count). The van der Waals surface area contributed by atoms with Crippen molar-refractivity contribution in [2.75, 3.05) is 0 Å². The summed E-state index contributed by atoms with van der Waals surface area (Å²) >= 11 is 0. The Morgan fingerprint density at radius 1 is 1.33 bits per heavy atom. The number of benzene rings is 1. The summed E-state index contributed by atoms with van der Waals surface area (Å²) in [5.74, 6) is 0.326. The van der Waals surface area contributed by atoms with Gasteiger partial charge in [-0.2, -0.15) is 0 Å². The van der Waals surface area contributed by atoms with Crippen LogP contribution in [-0.2, 0) is 6.42 Å². The van der Waals surface area contributed by atoms with Crippen molar-refractivity contribution in [2.24, 2.45) is 5.92 Å². The molecule has 1 aromatic carbocycles. The Hall–Kier alpha value is -0.700. The molecule has 24 heavy (non-hydrogen) atoms. The first-order chi connectivity index (χ1) is 10.9. The first kappa shape index (κ1) is 21.3. The van der Waals surface area contributed by atoms with E-state index in [1.54, 1.807) is 12.1 Å². The van der Waals surface area contributed by atoms with Crippen LogP contribution in [-0.4, -0.2) is 5.11 Å². The molecule has 1 aliphatic carbocycles. The minimum absolute atomic E-state index is 0. The largest absolute Gasteiger partial charge is 1.00 e. The van der Waals surface area contributed by atoms with Gasteiger partial charge in [0.15, 0.2) is 0 Å². The zero-order chi connectivity index (χ0) is 17.0. The Balaban J connectivity index is 0.00000288. The number of allylic oxidation sites excluding steroid dienone is 3. The van der Waals surface area contributed by atoms with Gasteiger partial charge in [-0.05, 0) is 62.6 Å². The van der Waals surface area contributed by atoms with Crippen LogP contribution in [0.2, 0.25) is 0 Å². The van der Waals surface area contributed by atoms with Crippen molar-refractivity contribution in [3.05, 3.63) is 47.1 Å². The van der Waals surface area contributed by atoms with Crippen molar-refractivity contribution >= 4 is 0 Å². The monoisotopic (exact) mass is 336 g/mol. The molecule has 0 saturated heterocycles. The van der Waals surface area contributed by atoms with Crippen LogP contribution in [0.25, 0.3) is 0 Å². The van der Waals surface area contributed by atoms with Crippen LogP contribution >= 0.6 is 0 Å². The van der Waals surface area contributed by atoms with Crippen molar-refractivity contribution in [2.45, 2.75) is 65.2 Å². The van der Waals surface area contributed by atoms with Gasteiger partial charge in [-0.1, -0.05) is 49.6 Å². The molecule has 0 heterocycles. The van der Waals surface area contributed by atoms with Gasteiger partial charge in [-0.15, -0.1) is 5.75 Å². The smallest absolute Gasteiger partial charge is 0.872 e. The maximum absolute atomic E-state index is 12.6. The maximum atomic E-state index is 12.6. The van der Waals surface area contributed by atoms with E-state index in [9.17, 15) is 10.2 Å². The summed E-state index contributed by atoms with van der Waals surface area (Å²) in [5, 5.41) is 23.2. The fourth-order valence-electron chi connectivity index (χ4n) is 3.63. The normalized spacial score (nSPS) is 20.2. The molecule has 1 aromatic rings. The van der Waals surface area contributed by atoms with Gasteiger partial charge in [-0.25, -0.2) is 0 Å². The summed E-state index contributed by atoms with van der Waals surface area (Å²) in [5.41, 5.74) is 3.88. The molecule has 1 N–H and O–H groups in total. The third kappa shape index (κ3) is 5.15. The summed E-state index contributed by atoms with van der Waals surface area (Å²) in [6, 6.07) is 3.51. The van der Waals surface area contributed by atoms with E-state index in [1.165, 1.54) is 5.57 Å². The molecule has 0 aromatic heterocycles. The molecule has 126 valence electrons. The summed E-state index contributed by atoms with van der Waals surface area (Å²) in [4.78, 5) is 0. The standard InChI is InChI=1S/C21H30O2.Na/c1-5-6-7-8-16-12-19(22)21(20(23)13-16)18-11-15(4)9-10-17(18)14(2)3;/h11-13,17-18,22-23H,2,5-10H2,1,3-4H3;/q;+1/p-1/t17-,18+;/m0./s1. The summed E-state index contributed by atoms with van der Waals surface area (Å²) in [6.07, 6.45) is 8.42. The Labute approximate surface area is 169 Å². The molecular formula is C21H29NaO2.